The second-order valence-electron chi connectivity index (χ2n) is 5.92. The zero-order valence-corrected chi connectivity index (χ0v) is 16.6. The number of ether oxygens (including phenoxy) is 2. The van der Waals surface area contributed by atoms with E-state index in [-0.39, 0.29) is 18.4 Å². The molecule has 1 N–H and O–H groups in total. The standard InChI is InChI=1S/C18H32N2O4S/c1-5-20(6-2)18(17-9-7-16(3)8-10-17)15-19-25(21,22)14-13-24-12-11-23-4/h7-10,18-19H,5-6,11-15H2,1-4H3. The van der Waals surface area contributed by atoms with Crippen molar-refractivity contribution in [3.8, 4) is 0 Å². The molecule has 7 heteroatoms. The molecule has 0 bridgehead atoms. The molecule has 0 aliphatic carbocycles. The third-order valence-electron chi connectivity index (χ3n) is 4.14. The van der Waals surface area contributed by atoms with Crippen LogP contribution in [0, 0.1) is 6.92 Å². The summed E-state index contributed by atoms with van der Waals surface area (Å²) >= 11 is 0. The van der Waals surface area contributed by atoms with E-state index >= 15 is 0 Å². The molecule has 0 aliphatic heterocycles. The molecule has 0 heterocycles. The van der Waals surface area contributed by atoms with Crippen LogP contribution in [0.5, 0.6) is 0 Å². The second kappa shape index (κ2) is 11.6. The van der Waals surface area contributed by atoms with Crippen LogP contribution < -0.4 is 4.72 Å². The van der Waals surface area contributed by atoms with E-state index in [9.17, 15) is 8.42 Å². The van der Waals surface area contributed by atoms with Crippen molar-refractivity contribution in [2.75, 3.05) is 52.3 Å². The first-order valence-corrected chi connectivity index (χ1v) is 10.4. The summed E-state index contributed by atoms with van der Waals surface area (Å²) in [5.74, 6) is -0.0460. The maximum Gasteiger partial charge on any atom is 0.213 e. The molecule has 0 aliphatic rings. The minimum absolute atomic E-state index is 0.0137. The molecule has 0 spiro atoms. The lowest BCUT2D eigenvalue weighted by molar-refractivity contribution is 0.0784. The lowest BCUT2D eigenvalue weighted by Gasteiger charge is -2.30. The maximum absolute atomic E-state index is 12.2. The number of methoxy groups -OCH3 is 1. The third-order valence-corrected chi connectivity index (χ3v) is 5.45. The summed E-state index contributed by atoms with van der Waals surface area (Å²) < 4.78 is 37.3. The minimum atomic E-state index is -3.37. The van der Waals surface area contributed by atoms with Gasteiger partial charge < -0.3 is 9.47 Å². The number of rotatable bonds is 13. The van der Waals surface area contributed by atoms with Crippen LogP contribution in [0.2, 0.25) is 0 Å². The van der Waals surface area contributed by atoms with E-state index in [2.05, 4.69) is 47.7 Å². The van der Waals surface area contributed by atoms with E-state index in [1.807, 2.05) is 6.92 Å². The predicted molar refractivity (Wildman–Crippen MR) is 101 cm³/mol. The smallest absolute Gasteiger partial charge is 0.213 e. The van der Waals surface area contributed by atoms with Crippen molar-refractivity contribution in [3.63, 3.8) is 0 Å². The van der Waals surface area contributed by atoms with Crippen LogP contribution in [0.1, 0.15) is 31.0 Å². The molecule has 0 fully saturated rings. The first kappa shape index (κ1) is 22.1. The van der Waals surface area contributed by atoms with Gasteiger partial charge in [-0.15, -0.1) is 0 Å². The summed E-state index contributed by atoms with van der Waals surface area (Å²) in [6.07, 6.45) is 0. The molecule has 25 heavy (non-hydrogen) atoms. The van der Waals surface area contributed by atoms with Gasteiger partial charge in [-0.2, -0.15) is 0 Å². The van der Waals surface area contributed by atoms with Crippen molar-refractivity contribution in [1.29, 1.82) is 0 Å². The number of hydrogen-bond donors (Lipinski definition) is 1. The Labute approximate surface area is 152 Å². The van der Waals surface area contributed by atoms with Crippen LogP contribution in [-0.2, 0) is 19.5 Å². The first-order chi connectivity index (χ1) is 11.9. The lowest BCUT2D eigenvalue weighted by atomic mass is 10.0. The highest BCUT2D eigenvalue weighted by Gasteiger charge is 2.20. The number of likely N-dealkylation sites (N-methyl/N-ethyl adjacent to an activating group) is 1. The van der Waals surface area contributed by atoms with E-state index in [1.54, 1.807) is 7.11 Å². The Hall–Kier alpha value is -0.990. The highest BCUT2D eigenvalue weighted by atomic mass is 32.2. The summed E-state index contributed by atoms with van der Waals surface area (Å²) in [4.78, 5) is 2.25. The highest BCUT2D eigenvalue weighted by Crippen LogP contribution is 2.20. The molecule has 1 unspecified atom stereocenters. The van der Waals surface area contributed by atoms with Crippen LogP contribution in [0.3, 0.4) is 0 Å². The normalized spacial score (nSPS) is 13.3. The van der Waals surface area contributed by atoms with Gasteiger partial charge in [-0.05, 0) is 25.6 Å². The molecule has 1 rings (SSSR count). The van der Waals surface area contributed by atoms with Crippen LogP contribution >= 0.6 is 0 Å². The van der Waals surface area contributed by atoms with Gasteiger partial charge in [0.1, 0.15) is 0 Å². The topological polar surface area (TPSA) is 67.9 Å². The van der Waals surface area contributed by atoms with Crippen molar-refractivity contribution >= 4 is 10.0 Å². The fourth-order valence-electron chi connectivity index (χ4n) is 2.60. The maximum atomic E-state index is 12.2. The monoisotopic (exact) mass is 372 g/mol. The number of nitrogens with zero attached hydrogens (tertiary/aromatic N) is 1. The Morgan fingerprint density at radius 2 is 1.72 bits per heavy atom. The predicted octanol–water partition coefficient (Wildman–Crippen LogP) is 1.96. The van der Waals surface area contributed by atoms with Gasteiger partial charge in [0, 0.05) is 19.7 Å². The van der Waals surface area contributed by atoms with Crippen molar-refractivity contribution in [1.82, 2.24) is 9.62 Å². The number of sulfonamides is 1. The van der Waals surface area contributed by atoms with Crippen LogP contribution in [0.4, 0.5) is 0 Å². The number of nitrogens with one attached hydrogen (secondary N) is 1. The van der Waals surface area contributed by atoms with E-state index in [4.69, 9.17) is 9.47 Å². The van der Waals surface area contributed by atoms with Gasteiger partial charge in [0.2, 0.25) is 10.0 Å². The van der Waals surface area contributed by atoms with Gasteiger partial charge in [-0.1, -0.05) is 43.7 Å². The van der Waals surface area contributed by atoms with Gasteiger partial charge in [0.15, 0.2) is 0 Å². The third kappa shape index (κ3) is 8.29. The molecule has 0 saturated carbocycles. The molecule has 0 saturated heterocycles. The first-order valence-electron chi connectivity index (χ1n) is 8.78. The Morgan fingerprint density at radius 3 is 2.28 bits per heavy atom. The highest BCUT2D eigenvalue weighted by molar-refractivity contribution is 7.89. The van der Waals surface area contributed by atoms with Crippen molar-refractivity contribution in [2.24, 2.45) is 0 Å². The summed E-state index contributed by atoms with van der Waals surface area (Å²) in [5.41, 5.74) is 2.31. The van der Waals surface area contributed by atoms with Gasteiger partial charge in [-0.3, -0.25) is 4.90 Å². The molecular weight excluding hydrogens is 340 g/mol. The minimum Gasteiger partial charge on any atom is -0.382 e. The Morgan fingerprint density at radius 1 is 1.08 bits per heavy atom. The molecule has 0 radical (unpaired) electrons. The summed E-state index contributed by atoms with van der Waals surface area (Å²) in [6, 6.07) is 8.27. The molecule has 0 aromatic heterocycles. The van der Waals surface area contributed by atoms with Gasteiger partial charge in [0.25, 0.3) is 0 Å². The quantitative estimate of drug-likeness (QED) is 0.536. The van der Waals surface area contributed by atoms with Crippen molar-refractivity contribution in [2.45, 2.75) is 26.8 Å². The largest absolute Gasteiger partial charge is 0.382 e. The molecule has 1 aromatic rings. The lowest BCUT2D eigenvalue weighted by Crippen LogP contribution is -2.39. The zero-order chi connectivity index (χ0) is 18.7. The summed E-state index contributed by atoms with van der Waals surface area (Å²) in [5, 5.41) is 0. The van der Waals surface area contributed by atoms with E-state index in [0.29, 0.717) is 19.8 Å². The molecule has 1 atom stereocenters. The fraction of sp³-hybridized carbons (Fsp3) is 0.667. The van der Waals surface area contributed by atoms with Crippen LogP contribution in [0.15, 0.2) is 24.3 Å². The van der Waals surface area contributed by atoms with Crippen molar-refractivity contribution < 1.29 is 17.9 Å². The molecule has 6 nitrogen and oxygen atoms in total. The SMILES string of the molecule is CCN(CC)C(CNS(=O)(=O)CCOCCOC)c1ccc(C)cc1. The van der Waals surface area contributed by atoms with E-state index in [1.165, 1.54) is 5.56 Å². The second-order valence-corrected chi connectivity index (χ2v) is 7.85. The molecule has 1 aromatic carbocycles. The van der Waals surface area contributed by atoms with Gasteiger partial charge in [-0.25, -0.2) is 13.1 Å². The zero-order valence-electron chi connectivity index (χ0n) is 15.8. The Kier molecular flexibility index (Phi) is 10.2. The number of aryl methyl sites for hydroxylation is 1. The molecule has 144 valence electrons. The van der Waals surface area contributed by atoms with E-state index < -0.39 is 10.0 Å². The average Bonchev–Trinajstić information content (AvgIpc) is 2.59. The van der Waals surface area contributed by atoms with Gasteiger partial charge >= 0.3 is 0 Å². The van der Waals surface area contributed by atoms with Gasteiger partial charge in [0.05, 0.1) is 25.6 Å². The molecular formula is C18H32N2O4S. The fourth-order valence-corrected chi connectivity index (χ4v) is 3.50. The average molecular weight is 373 g/mol. The Balaban J connectivity index is 2.66. The number of benzene rings is 1. The molecule has 0 amide bonds. The summed E-state index contributed by atoms with van der Waals surface area (Å²) in [7, 11) is -1.79. The van der Waals surface area contributed by atoms with Crippen LogP contribution in [-0.4, -0.2) is 65.6 Å². The number of hydrogen-bond acceptors (Lipinski definition) is 5. The summed E-state index contributed by atoms with van der Waals surface area (Å²) in [6.45, 7) is 9.31. The van der Waals surface area contributed by atoms with E-state index in [0.717, 1.165) is 18.7 Å². The Bertz CT molecular complexity index is 571. The van der Waals surface area contributed by atoms with Crippen LogP contribution in [0.25, 0.3) is 0 Å². The van der Waals surface area contributed by atoms with Crippen molar-refractivity contribution in [3.05, 3.63) is 35.4 Å².